The van der Waals surface area contributed by atoms with Gasteiger partial charge in [0.25, 0.3) is 5.91 Å². The van der Waals surface area contributed by atoms with Crippen molar-refractivity contribution >= 4 is 35.2 Å². The average Bonchev–Trinajstić information content (AvgIpc) is 3.07. The van der Waals surface area contributed by atoms with E-state index in [2.05, 4.69) is 25.8 Å². The number of carbonyl (C=O) groups excluding carboxylic acids is 2. The number of likely N-dealkylation sites (N-methyl/N-ethyl adjacent to an activating group) is 2. The van der Waals surface area contributed by atoms with Crippen LogP contribution in [0.25, 0.3) is 11.4 Å². The van der Waals surface area contributed by atoms with Crippen LogP contribution >= 0.6 is 0 Å². The van der Waals surface area contributed by atoms with Crippen LogP contribution in [0.15, 0.2) is 48.5 Å². The van der Waals surface area contributed by atoms with Crippen LogP contribution in [0.1, 0.15) is 29.6 Å². The lowest BCUT2D eigenvalue weighted by Crippen LogP contribution is -2.56. The maximum absolute atomic E-state index is 12.7. The standard InChI is InChI=1S/C32H41N9O4/c1-33-14-15-39(2)29(42)23-8-12-25(13-9-23)35-32(43)34-24-10-6-22(7-11-24)28-36-30(40-16-18-44-19-17-40)38-31(37-28)41-26-4-3-5-27(41)21-45-20-26/h6-13,26-27,33H,3-5,14-21H2,1-2H3,(H2,34,35,43). The predicted molar refractivity (Wildman–Crippen MR) is 173 cm³/mol. The van der Waals surface area contributed by atoms with Gasteiger partial charge in [-0.05, 0) is 74.8 Å². The number of amides is 3. The summed E-state index contributed by atoms with van der Waals surface area (Å²) >= 11 is 0. The van der Waals surface area contributed by atoms with E-state index < -0.39 is 0 Å². The van der Waals surface area contributed by atoms with Gasteiger partial charge >= 0.3 is 6.03 Å². The Kier molecular flexibility index (Phi) is 9.67. The minimum Gasteiger partial charge on any atom is -0.378 e. The van der Waals surface area contributed by atoms with Gasteiger partial charge in [0, 0.05) is 55.7 Å². The van der Waals surface area contributed by atoms with E-state index in [9.17, 15) is 9.59 Å². The summed E-state index contributed by atoms with van der Waals surface area (Å²) in [6.07, 6.45) is 3.30. The Balaban J connectivity index is 1.14. The lowest BCUT2D eigenvalue weighted by molar-refractivity contribution is 0.0452. The van der Waals surface area contributed by atoms with E-state index in [-0.39, 0.29) is 24.0 Å². The molecule has 2 atom stereocenters. The number of nitrogens with zero attached hydrogens (tertiary/aromatic N) is 6. The normalized spacial score (nSPS) is 19.6. The van der Waals surface area contributed by atoms with Crippen LogP contribution in [0.5, 0.6) is 0 Å². The first-order valence-corrected chi connectivity index (χ1v) is 15.6. The van der Waals surface area contributed by atoms with Crippen LogP contribution in [0, 0.1) is 0 Å². The highest BCUT2D eigenvalue weighted by molar-refractivity contribution is 6.00. The predicted octanol–water partition coefficient (Wildman–Crippen LogP) is 3.07. The number of urea groups is 1. The molecule has 6 rings (SSSR count). The average molecular weight is 616 g/mol. The number of anilines is 4. The zero-order chi connectivity index (χ0) is 31.2. The zero-order valence-corrected chi connectivity index (χ0v) is 25.9. The van der Waals surface area contributed by atoms with Crippen LogP contribution < -0.4 is 25.8 Å². The van der Waals surface area contributed by atoms with Crippen molar-refractivity contribution in [3.63, 3.8) is 0 Å². The summed E-state index contributed by atoms with van der Waals surface area (Å²) in [5.74, 6) is 1.87. The van der Waals surface area contributed by atoms with E-state index in [0.29, 0.717) is 74.2 Å². The second-order valence-corrected chi connectivity index (χ2v) is 11.6. The maximum atomic E-state index is 12.7. The molecule has 1 aromatic heterocycles. The molecule has 3 saturated heterocycles. The van der Waals surface area contributed by atoms with Crippen molar-refractivity contribution in [3.8, 4) is 11.4 Å². The minimum absolute atomic E-state index is 0.0727. The van der Waals surface area contributed by atoms with Crippen LogP contribution in [0.3, 0.4) is 0 Å². The minimum atomic E-state index is -0.385. The third-order valence-corrected chi connectivity index (χ3v) is 8.45. The Bertz CT molecular complexity index is 1440. The van der Waals surface area contributed by atoms with Gasteiger partial charge in [0.05, 0.1) is 38.5 Å². The van der Waals surface area contributed by atoms with Gasteiger partial charge in [-0.2, -0.15) is 15.0 Å². The molecule has 4 heterocycles. The third kappa shape index (κ3) is 7.32. The van der Waals surface area contributed by atoms with Gasteiger partial charge < -0.3 is 40.1 Å². The summed E-state index contributed by atoms with van der Waals surface area (Å²) in [7, 11) is 3.61. The molecule has 2 unspecified atom stereocenters. The Morgan fingerprint density at radius 3 is 2.13 bits per heavy atom. The highest BCUT2D eigenvalue weighted by atomic mass is 16.5. The van der Waals surface area contributed by atoms with Gasteiger partial charge in [0.2, 0.25) is 11.9 Å². The first-order valence-electron chi connectivity index (χ1n) is 15.6. The molecule has 0 spiro atoms. The number of benzene rings is 2. The fourth-order valence-corrected chi connectivity index (χ4v) is 5.96. The van der Waals surface area contributed by atoms with E-state index >= 15 is 0 Å². The number of hydrogen-bond acceptors (Lipinski definition) is 10. The molecular weight excluding hydrogens is 574 g/mol. The fourth-order valence-electron chi connectivity index (χ4n) is 5.96. The van der Waals surface area contributed by atoms with Crippen LogP contribution in [0.2, 0.25) is 0 Å². The first-order chi connectivity index (χ1) is 22.0. The van der Waals surface area contributed by atoms with Gasteiger partial charge in [-0.1, -0.05) is 0 Å². The van der Waals surface area contributed by atoms with Gasteiger partial charge in [-0.25, -0.2) is 4.79 Å². The number of rotatable bonds is 9. The number of carbonyl (C=O) groups is 2. The number of piperidine rings is 1. The topological polar surface area (TPSA) is 137 Å². The molecule has 3 aliphatic heterocycles. The third-order valence-electron chi connectivity index (χ3n) is 8.45. The van der Waals surface area contributed by atoms with E-state index in [1.165, 1.54) is 6.42 Å². The van der Waals surface area contributed by atoms with Gasteiger partial charge in [-0.3, -0.25) is 4.79 Å². The SMILES string of the molecule is CNCCN(C)C(=O)c1ccc(NC(=O)Nc2ccc(-c3nc(N4CCOCC4)nc(N4C5CCCC4COC5)n3)cc2)cc1. The van der Waals surface area contributed by atoms with Crippen molar-refractivity contribution in [2.24, 2.45) is 0 Å². The van der Waals surface area contributed by atoms with E-state index in [4.69, 9.17) is 24.4 Å². The lowest BCUT2D eigenvalue weighted by Gasteiger charge is -2.45. The van der Waals surface area contributed by atoms with Crippen molar-refractivity contribution in [3.05, 3.63) is 54.1 Å². The molecule has 2 aromatic carbocycles. The second-order valence-electron chi connectivity index (χ2n) is 11.6. The summed E-state index contributed by atoms with van der Waals surface area (Å²) < 4.78 is 11.4. The Hall–Kier alpha value is -4.33. The summed E-state index contributed by atoms with van der Waals surface area (Å²) in [5.41, 5.74) is 2.60. The number of morpholine rings is 2. The van der Waals surface area contributed by atoms with Crippen molar-refractivity contribution in [2.75, 3.05) is 87.1 Å². The van der Waals surface area contributed by atoms with Crippen LogP contribution in [0.4, 0.5) is 28.1 Å². The Morgan fingerprint density at radius 1 is 0.867 bits per heavy atom. The maximum Gasteiger partial charge on any atom is 0.323 e. The van der Waals surface area contributed by atoms with Gasteiger partial charge in [0.15, 0.2) is 5.82 Å². The number of ether oxygens (including phenoxy) is 2. The van der Waals surface area contributed by atoms with Gasteiger partial charge in [-0.15, -0.1) is 0 Å². The summed E-state index contributed by atoms with van der Waals surface area (Å²) in [6, 6.07) is 14.5. The Morgan fingerprint density at radius 2 is 1.49 bits per heavy atom. The summed E-state index contributed by atoms with van der Waals surface area (Å²) in [6.45, 7) is 5.41. The van der Waals surface area contributed by atoms with Crippen molar-refractivity contribution in [1.29, 1.82) is 0 Å². The molecule has 3 aliphatic rings. The quantitative estimate of drug-likeness (QED) is 0.329. The first kappa shape index (κ1) is 30.7. The molecule has 3 fully saturated rings. The molecule has 3 aromatic rings. The molecule has 3 amide bonds. The molecule has 0 radical (unpaired) electrons. The molecule has 45 heavy (non-hydrogen) atoms. The number of nitrogens with one attached hydrogen (secondary N) is 3. The zero-order valence-electron chi connectivity index (χ0n) is 25.9. The second kappa shape index (κ2) is 14.2. The van der Waals surface area contributed by atoms with Crippen LogP contribution in [-0.4, -0.2) is 111 Å². The lowest BCUT2D eigenvalue weighted by atomic mass is 9.95. The number of hydrogen-bond donors (Lipinski definition) is 3. The molecule has 238 valence electrons. The largest absolute Gasteiger partial charge is 0.378 e. The molecule has 2 bridgehead atoms. The highest BCUT2D eigenvalue weighted by Gasteiger charge is 2.37. The molecular formula is C32H41N9O4. The number of fused-ring (bicyclic) bond motifs is 2. The van der Waals surface area contributed by atoms with Crippen molar-refractivity contribution in [2.45, 2.75) is 31.3 Å². The van der Waals surface area contributed by atoms with E-state index in [0.717, 1.165) is 31.5 Å². The molecule has 13 nitrogen and oxygen atoms in total. The number of aromatic nitrogens is 3. The molecule has 0 saturated carbocycles. The summed E-state index contributed by atoms with van der Waals surface area (Å²) in [4.78, 5) is 46.2. The van der Waals surface area contributed by atoms with Crippen molar-refractivity contribution < 1.29 is 19.1 Å². The van der Waals surface area contributed by atoms with Gasteiger partial charge in [0.1, 0.15) is 0 Å². The highest BCUT2D eigenvalue weighted by Crippen LogP contribution is 2.32. The Labute approximate surface area is 263 Å². The van der Waals surface area contributed by atoms with Crippen LogP contribution in [-0.2, 0) is 9.47 Å². The van der Waals surface area contributed by atoms with E-state index in [1.807, 2.05) is 31.3 Å². The monoisotopic (exact) mass is 615 g/mol. The molecule has 3 N–H and O–H groups in total. The smallest absolute Gasteiger partial charge is 0.323 e. The van der Waals surface area contributed by atoms with Crippen molar-refractivity contribution in [1.82, 2.24) is 25.2 Å². The molecule has 0 aliphatic carbocycles. The fraction of sp³-hybridized carbons (Fsp3) is 0.469. The summed E-state index contributed by atoms with van der Waals surface area (Å²) in [5, 5.41) is 8.73. The van der Waals surface area contributed by atoms with E-state index in [1.54, 1.807) is 36.2 Å². The molecule has 13 heteroatoms.